The zero-order valence-corrected chi connectivity index (χ0v) is 15.2. The van der Waals surface area contributed by atoms with Crippen LogP contribution in [0.25, 0.3) is 11.5 Å². The lowest BCUT2D eigenvalue weighted by Gasteiger charge is -2.04. The predicted molar refractivity (Wildman–Crippen MR) is 95.6 cm³/mol. The third kappa shape index (κ3) is 3.85. The Morgan fingerprint density at radius 2 is 2.31 bits per heavy atom. The van der Waals surface area contributed by atoms with E-state index >= 15 is 0 Å². The average Bonchev–Trinajstić information content (AvgIpc) is 3.34. The van der Waals surface area contributed by atoms with E-state index in [4.69, 9.17) is 13.7 Å². The Hall–Kier alpha value is -2.89. The molecule has 7 nitrogen and oxygen atoms in total. The molecule has 0 aliphatic heterocycles. The van der Waals surface area contributed by atoms with Gasteiger partial charge in [0.2, 0.25) is 5.76 Å². The van der Waals surface area contributed by atoms with Crippen LogP contribution in [0.1, 0.15) is 28.6 Å². The normalized spacial score (nSPS) is 10.7. The molecule has 26 heavy (non-hydrogen) atoms. The Labute approximate surface area is 154 Å². The summed E-state index contributed by atoms with van der Waals surface area (Å²) >= 11 is 1.40. The number of aromatic nitrogens is 1. The van der Waals surface area contributed by atoms with Crippen molar-refractivity contribution in [2.45, 2.75) is 26.9 Å². The summed E-state index contributed by atoms with van der Waals surface area (Å²) in [5.74, 6) is 0.753. The van der Waals surface area contributed by atoms with Gasteiger partial charge in [-0.25, -0.2) is 0 Å². The number of rotatable bonds is 7. The molecule has 0 radical (unpaired) electrons. The molecule has 0 unspecified atom stereocenters. The fourth-order valence-corrected chi connectivity index (χ4v) is 3.65. The van der Waals surface area contributed by atoms with E-state index in [9.17, 15) is 10.1 Å². The van der Waals surface area contributed by atoms with Gasteiger partial charge < -0.3 is 19.0 Å². The van der Waals surface area contributed by atoms with Gasteiger partial charge in [-0.1, -0.05) is 12.1 Å². The smallest absolute Gasteiger partial charge is 0.251 e. The Bertz CT molecular complexity index is 934. The van der Waals surface area contributed by atoms with Crippen molar-refractivity contribution < 1.29 is 18.5 Å². The summed E-state index contributed by atoms with van der Waals surface area (Å²) in [5.41, 5.74) is 2.06. The van der Waals surface area contributed by atoms with E-state index < -0.39 is 0 Å². The van der Waals surface area contributed by atoms with Crippen LogP contribution in [0.5, 0.6) is 0 Å². The van der Waals surface area contributed by atoms with E-state index in [1.807, 2.05) is 13.8 Å². The summed E-state index contributed by atoms with van der Waals surface area (Å²) < 4.78 is 15.8. The van der Waals surface area contributed by atoms with E-state index in [0.29, 0.717) is 27.8 Å². The molecule has 0 aliphatic carbocycles. The van der Waals surface area contributed by atoms with Gasteiger partial charge in [0.15, 0.2) is 5.76 Å². The lowest BCUT2D eigenvalue weighted by molar-refractivity contribution is -0.121. The Morgan fingerprint density at radius 1 is 1.46 bits per heavy atom. The first-order valence-electron chi connectivity index (χ1n) is 8.01. The second kappa shape index (κ2) is 7.99. The Kier molecular flexibility index (Phi) is 5.51. The van der Waals surface area contributed by atoms with Gasteiger partial charge in [-0.2, -0.15) is 5.26 Å². The van der Waals surface area contributed by atoms with Crippen LogP contribution in [0.4, 0.5) is 5.00 Å². The molecule has 0 spiro atoms. The number of thiophene rings is 1. The second-order valence-electron chi connectivity index (χ2n) is 5.51. The molecule has 1 N–H and O–H groups in total. The van der Waals surface area contributed by atoms with E-state index in [-0.39, 0.29) is 19.1 Å². The number of carbonyl (C=O) groups excluding carboxylic acids is 1. The summed E-state index contributed by atoms with van der Waals surface area (Å²) in [5, 5.41) is 16.5. The van der Waals surface area contributed by atoms with Gasteiger partial charge in [0.1, 0.15) is 23.4 Å². The highest BCUT2D eigenvalue weighted by molar-refractivity contribution is 7.16. The number of anilines is 1. The standard InChI is InChI=1S/C18H17N3O4S/c1-3-13-11(2)26-18(14(13)8-19)20-17(22)10-23-9-12-7-16(25-21-12)15-5-4-6-24-15/h4-7H,3,9-10H2,1-2H3,(H,20,22). The van der Waals surface area contributed by atoms with Crippen molar-refractivity contribution in [3.05, 3.63) is 46.2 Å². The zero-order chi connectivity index (χ0) is 18.5. The molecule has 0 aromatic carbocycles. The number of nitrogens with zero attached hydrogens (tertiary/aromatic N) is 2. The summed E-state index contributed by atoms with van der Waals surface area (Å²) in [6.45, 7) is 3.91. The maximum Gasteiger partial charge on any atom is 0.251 e. The molecular formula is C18H17N3O4S. The van der Waals surface area contributed by atoms with Crippen LogP contribution in [0, 0.1) is 18.3 Å². The van der Waals surface area contributed by atoms with Crippen molar-refractivity contribution in [2.24, 2.45) is 0 Å². The van der Waals surface area contributed by atoms with E-state index in [1.165, 1.54) is 11.3 Å². The number of hydrogen-bond acceptors (Lipinski definition) is 7. The Balaban J connectivity index is 1.53. The van der Waals surface area contributed by atoms with Crippen LogP contribution in [0.15, 0.2) is 33.4 Å². The number of amides is 1. The van der Waals surface area contributed by atoms with Crippen LogP contribution >= 0.6 is 11.3 Å². The quantitative estimate of drug-likeness (QED) is 0.676. The third-order valence-electron chi connectivity index (χ3n) is 3.73. The largest absolute Gasteiger partial charge is 0.461 e. The van der Waals surface area contributed by atoms with Crippen molar-refractivity contribution in [3.8, 4) is 17.6 Å². The summed E-state index contributed by atoms with van der Waals surface area (Å²) in [6.07, 6.45) is 2.30. The number of aryl methyl sites for hydroxylation is 1. The van der Waals surface area contributed by atoms with Crippen LogP contribution in [-0.2, 0) is 22.6 Å². The van der Waals surface area contributed by atoms with Gasteiger partial charge in [0.05, 0.1) is 18.4 Å². The van der Waals surface area contributed by atoms with Crippen molar-refractivity contribution in [3.63, 3.8) is 0 Å². The molecule has 0 aliphatic rings. The highest BCUT2D eigenvalue weighted by Gasteiger charge is 2.16. The molecule has 3 aromatic rings. The molecule has 0 saturated carbocycles. The van der Waals surface area contributed by atoms with E-state index in [2.05, 4.69) is 16.5 Å². The lowest BCUT2D eigenvalue weighted by atomic mass is 10.1. The van der Waals surface area contributed by atoms with Gasteiger partial charge in [0, 0.05) is 10.9 Å². The highest BCUT2D eigenvalue weighted by Crippen LogP contribution is 2.32. The fourth-order valence-electron chi connectivity index (χ4n) is 2.54. The second-order valence-corrected chi connectivity index (χ2v) is 6.73. The lowest BCUT2D eigenvalue weighted by Crippen LogP contribution is -2.18. The van der Waals surface area contributed by atoms with Gasteiger partial charge >= 0.3 is 0 Å². The van der Waals surface area contributed by atoms with E-state index in [0.717, 1.165) is 16.9 Å². The molecule has 8 heteroatoms. The first-order chi connectivity index (χ1) is 12.6. The van der Waals surface area contributed by atoms with Gasteiger partial charge in [-0.3, -0.25) is 4.79 Å². The highest BCUT2D eigenvalue weighted by atomic mass is 32.1. The fraction of sp³-hybridized carbons (Fsp3) is 0.278. The molecule has 3 rings (SSSR count). The predicted octanol–water partition coefficient (Wildman–Crippen LogP) is 3.89. The van der Waals surface area contributed by atoms with E-state index in [1.54, 1.807) is 24.5 Å². The topological polar surface area (TPSA) is 101 Å². The molecule has 134 valence electrons. The number of nitrogens with one attached hydrogen (secondary N) is 1. The van der Waals surface area contributed by atoms with Crippen molar-refractivity contribution in [2.75, 3.05) is 11.9 Å². The average molecular weight is 371 g/mol. The minimum absolute atomic E-state index is 0.131. The first-order valence-corrected chi connectivity index (χ1v) is 8.83. The van der Waals surface area contributed by atoms with Gasteiger partial charge in [0.25, 0.3) is 5.91 Å². The summed E-state index contributed by atoms with van der Waals surface area (Å²) in [6, 6.07) is 7.37. The number of nitriles is 1. The molecule has 1 amide bonds. The van der Waals surface area contributed by atoms with Crippen molar-refractivity contribution >= 4 is 22.2 Å². The van der Waals surface area contributed by atoms with Crippen LogP contribution in [-0.4, -0.2) is 17.7 Å². The zero-order valence-electron chi connectivity index (χ0n) is 14.4. The van der Waals surface area contributed by atoms with Gasteiger partial charge in [-0.05, 0) is 31.0 Å². The molecule has 0 atom stereocenters. The minimum atomic E-state index is -0.319. The molecule has 3 heterocycles. The van der Waals surface area contributed by atoms with Crippen LogP contribution < -0.4 is 5.32 Å². The summed E-state index contributed by atoms with van der Waals surface area (Å²) in [7, 11) is 0. The Morgan fingerprint density at radius 3 is 3.00 bits per heavy atom. The van der Waals surface area contributed by atoms with Crippen LogP contribution in [0.3, 0.4) is 0 Å². The maximum absolute atomic E-state index is 12.1. The number of hydrogen-bond donors (Lipinski definition) is 1. The molecule has 3 aromatic heterocycles. The third-order valence-corrected chi connectivity index (χ3v) is 4.80. The van der Waals surface area contributed by atoms with Crippen molar-refractivity contribution in [1.82, 2.24) is 5.16 Å². The van der Waals surface area contributed by atoms with Crippen molar-refractivity contribution in [1.29, 1.82) is 5.26 Å². The maximum atomic E-state index is 12.1. The summed E-state index contributed by atoms with van der Waals surface area (Å²) in [4.78, 5) is 13.1. The number of furan rings is 1. The van der Waals surface area contributed by atoms with Gasteiger partial charge in [-0.15, -0.1) is 11.3 Å². The monoisotopic (exact) mass is 371 g/mol. The minimum Gasteiger partial charge on any atom is -0.461 e. The molecule has 0 fully saturated rings. The van der Waals surface area contributed by atoms with Crippen LogP contribution in [0.2, 0.25) is 0 Å². The number of carbonyl (C=O) groups is 1. The number of ether oxygens (including phenoxy) is 1. The molecule has 0 saturated heterocycles. The molecular weight excluding hydrogens is 354 g/mol. The SMILES string of the molecule is CCc1c(C)sc(NC(=O)COCc2cc(-c3ccco3)on2)c1C#N. The first kappa shape index (κ1) is 17.9. The molecule has 0 bridgehead atoms.